The van der Waals surface area contributed by atoms with E-state index in [2.05, 4.69) is 5.32 Å². The van der Waals surface area contributed by atoms with Crippen LogP contribution in [0.15, 0.2) is 48.5 Å². The largest absolute Gasteiger partial charge is 0.480 e. The Hall–Kier alpha value is -3.49. The number of hydrogen-bond acceptors (Lipinski definition) is 4. The first-order valence-electron chi connectivity index (χ1n) is 11.7. The normalized spacial score (nSPS) is 22.1. The third kappa shape index (κ3) is 4.13. The number of likely N-dealkylation sites (tertiary alicyclic amines) is 1. The lowest BCUT2D eigenvalue weighted by Gasteiger charge is -2.34. The summed E-state index contributed by atoms with van der Waals surface area (Å²) in [4.78, 5) is 38.4. The van der Waals surface area contributed by atoms with E-state index in [0.29, 0.717) is 17.7 Å². The molecule has 7 nitrogen and oxygen atoms in total. The average Bonchev–Trinajstić information content (AvgIpc) is 3.56. The van der Waals surface area contributed by atoms with Crippen LogP contribution < -0.4 is 5.32 Å². The van der Waals surface area contributed by atoms with E-state index in [1.54, 1.807) is 0 Å². The number of nitrogens with one attached hydrogen (secondary N) is 1. The Labute approximate surface area is 201 Å². The van der Waals surface area contributed by atoms with Crippen molar-refractivity contribution in [2.24, 2.45) is 5.92 Å². The van der Waals surface area contributed by atoms with Crippen molar-refractivity contribution >= 4 is 18.0 Å². The van der Waals surface area contributed by atoms with E-state index < -0.39 is 48.4 Å². The van der Waals surface area contributed by atoms with Crippen LogP contribution in [0.25, 0.3) is 11.1 Å². The van der Waals surface area contributed by atoms with Crippen LogP contribution in [0.4, 0.5) is 13.6 Å². The number of aliphatic carboxylic acids is 1. The molecule has 0 spiro atoms. The molecular weight excluding hydrogens is 458 g/mol. The summed E-state index contributed by atoms with van der Waals surface area (Å²) >= 11 is 0. The summed E-state index contributed by atoms with van der Waals surface area (Å²) in [5.74, 6) is -6.07. The minimum absolute atomic E-state index is 0.0360. The predicted octanol–water partition coefficient (Wildman–Crippen LogP) is 4.01. The third-order valence-electron chi connectivity index (χ3n) is 7.36. The van der Waals surface area contributed by atoms with Gasteiger partial charge >= 0.3 is 12.1 Å². The van der Waals surface area contributed by atoms with Gasteiger partial charge in [-0.1, -0.05) is 48.5 Å². The molecule has 1 aliphatic heterocycles. The maximum absolute atomic E-state index is 14.0. The van der Waals surface area contributed by atoms with Crippen molar-refractivity contribution in [2.75, 3.05) is 13.2 Å². The summed E-state index contributed by atoms with van der Waals surface area (Å²) in [7, 11) is 0. The molecule has 2 amide bonds. The number of carboxylic acids is 1. The first-order chi connectivity index (χ1) is 16.6. The number of benzene rings is 2. The molecule has 0 aromatic heterocycles. The highest BCUT2D eigenvalue weighted by Crippen LogP contribution is 2.45. The van der Waals surface area contributed by atoms with Crippen LogP contribution in [0, 0.1) is 5.92 Å². The number of carboxylic acid groups (broad SMARTS) is 1. The fourth-order valence-electron chi connectivity index (χ4n) is 5.39. The zero-order valence-electron chi connectivity index (χ0n) is 19.2. The Morgan fingerprint density at radius 3 is 2.20 bits per heavy atom. The van der Waals surface area contributed by atoms with Gasteiger partial charge in [-0.3, -0.25) is 4.79 Å². The molecular formula is C26H26F2N2O5. The molecule has 0 radical (unpaired) electrons. The Bertz CT molecular complexity index is 1150. The Morgan fingerprint density at radius 2 is 1.66 bits per heavy atom. The van der Waals surface area contributed by atoms with Crippen LogP contribution in [-0.2, 0) is 14.3 Å². The minimum atomic E-state index is -3.30. The van der Waals surface area contributed by atoms with Crippen molar-refractivity contribution < 1.29 is 33.0 Å². The molecule has 2 N–H and O–H groups in total. The monoisotopic (exact) mass is 484 g/mol. The first-order valence-corrected chi connectivity index (χ1v) is 11.7. The minimum Gasteiger partial charge on any atom is -0.480 e. The Balaban J connectivity index is 1.31. The molecule has 35 heavy (non-hydrogen) atoms. The molecule has 5 rings (SSSR count). The molecule has 2 aromatic rings. The number of hydrogen-bond donors (Lipinski definition) is 2. The van der Waals surface area contributed by atoms with Crippen LogP contribution in [0.2, 0.25) is 0 Å². The van der Waals surface area contributed by atoms with E-state index in [4.69, 9.17) is 4.74 Å². The van der Waals surface area contributed by atoms with Crippen molar-refractivity contribution in [1.82, 2.24) is 10.2 Å². The number of rotatable bonds is 6. The van der Waals surface area contributed by atoms with Gasteiger partial charge in [0.25, 0.3) is 5.92 Å². The van der Waals surface area contributed by atoms with Gasteiger partial charge in [-0.25, -0.2) is 18.4 Å². The number of nitrogens with zero attached hydrogens (tertiary/aromatic N) is 1. The molecule has 1 saturated carbocycles. The van der Waals surface area contributed by atoms with Gasteiger partial charge in [0, 0.05) is 12.3 Å². The Morgan fingerprint density at radius 1 is 1.09 bits per heavy atom. The van der Waals surface area contributed by atoms with E-state index in [-0.39, 0.29) is 18.4 Å². The second-order valence-electron chi connectivity index (χ2n) is 9.77. The molecule has 0 bridgehead atoms. The fraction of sp³-hybridized carbons (Fsp3) is 0.423. The standard InChI is InChI=1S/C26H26F2N2O5/c1-25(15-10-11-15,23(33)30-14-26(27,28)12-21(30)22(31)32)29-24(34)35-13-20-18-8-4-2-6-16(18)17-7-3-5-9-19(17)20/h2-9,15,20-21H,10-14H2,1H3,(H,29,34)(H,31,32)/t21-,25?/m1/s1. The summed E-state index contributed by atoms with van der Waals surface area (Å²) in [6, 6.07) is 14.1. The van der Waals surface area contributed by atoms with Gasteiger partial charge < -0.3 is 20.1 Å². The molecule has 1 unspecified atom stereocenters. The number of carbonyl (C=O) groups is 3. The van der Waals surface area contributed by atoms with Crippen molar-refractivity contribution in [3.63, 3.8) is 0 Å². The summed E-state index contributed by atoms with van der Waals surface area (Å²) < 4.78 is 33.6. The van der Waals surface area contributed by atoms with Crippen LogP contribution >= 0.6 is 0 Å². The molecule has 184 valence electrons. The van der Waals surface area contributed by atoms with E-state index >= 15 is 0 Å². The number of ether oxygens (including phenoxy) is 1. The van der Waals surface area contributed by atoms with Crippen LogP contribution in [0.5, 0.6) is 0 Å². The van der Waals surface area contributed by atoms with Crippen molar-refractivity contribution in [1.29, 1.82) is 0 Å². The lowest BCUT2D eigenvalue weighted by molar-refractivity contribution is -0.151. The van der Waals surface area contributed by atoms with E-state index in [0.717, 1.165) is 22.3 Å². The molecule has 1 saturated heterocycles. The third-order valence-corrected chi connectivity index (χ3v) is 7.36. The van der Waals surface area contributed by atoms with Crippen LogP contribution in [-0.4, -0.2) is 58.6 Å². The quantitative estimate of drug-likeness (QED) is 0.646. The van der Waals surface area contributed by atoms with Crippen molar-refractivity contribution in [3.8, 4) is 11.1 Å². The van der Waals surface area contributed by atoms with E-state index in [1.807, 2.05) is 48.5 Å². The smallest absolute Gasteiger partial charge is 0.408 e. The number of fused-ring (bicyclic) bond motifs is 3. The number of halogens is 2. The molecule has 2 aromatic carbocycles. The number of alkyl halides is 2. The fourth-order valence-corrected chi connectivity index (χ4v) is 5.39. The number of carbonyl (C=O) groups excluding carboxylic acids is 2. The second-order valence-corrected chi connectivity index (χ2v) is 9.77. The highest BCUT2D eigenvalue weighted by atomic mass is 19.3. The van der Waals surface area contributed by atoms with Crippen LogP contribution in [0.3, 0.4) is 0 Å². The van der Waals surface area contributed by atoms with Gasteiger partial charge in [-0.2, -0.15) is 0 Å². The van der Waals surface area contributed by atoms with Gasteiger partial charge in [0.2, 0.25) is 5.91 Å². The zero-order chi connectivity index (χ0) is 25.0. The molecule has 2 aliphatic carbocycles. The highest BCUT2D eigenvalue weighted by Gasteiger charge is 2.57. The maximum Gasteiger partial charge on any atom is 0.408 e. The average molecular weight is 484 g/mol. The molecule has 2 fully saturated rings. The topological polar surface area (TPSA) is 95.9 Å². The predicted molar refractivity (Wildman–Crippen MR) is 122 cm³/mol. The van der Waals surface area contributed by atoms with Crippen LogP contribution in [0.1, 0.15) is 43.2 Å². The summed E-state index contributed by atoms with van der Waals surface area (Å²) in [5, 5.41) is 12.0. The highest BCUT2D eigenvalue weighted by molar-refractivity contribution is 5.93. The SMILES string of the molecule is CC(NC(=O)OCC1c2ccccc2-c2ccccc21)(C(=O)N1CC(F)(F)C[C@@H]1C(=O)O)C1CC1. The summed E-state index contributed by atoms with van der Waals surface area (Å²) in [6.07, 6.45) is -0.547. The number of amides is 2. The zero-order valence-corrected chi connectivity index (χ0v) is 19.2. The lowest BCUT2D eigenvalue weighted by atomic mass is 9.93. The number of alkyl carbamates (subject to hydrolysis) is 1. The molecule has 9 heteroatoms. The maximum atomic E-state index is 14.0. The van der Waals surface area contributed by atoms with Crippen molar-refractivity contribution in [2.45, 2.75) is 49.6 Å². The summed E-state index contributed by atoms with van der Waals surface area (Å²) in [6.45, 7) is 0.510. The van der Waals surface area contributed by atoms with E-state index in [9.17, 15) is 28.3 Å². The van der Waals surface area contributed by atoms with Gasteiger partial charge in [-0.15, -0.1) is 0 Å². The molecule has 3 aliphatic rings. The van der Waals surface area contributed by atoms with Crippen molar-refractivity contribution in [3.05, 3.63) is 59.7 Å². The molecule has 1 heterocycles. The van der Waals surface area contributed by atoms with E-state index in [1.165, 1.54) is 6.92 Å². The molecule has 2 atom stereocenters. The first kappa shape index (κ1) is 23.3. The van der Waals surface area contributed by atoms with Gasteiger partial charge in [0.05, 0.1) is 6.54 Å². The van der Waals surface area contributed by atoms with Gasteiger partial charge in [-0.05, 0) is 47.9 Å². The second kappa shape index (κ2) is 8.32. The van der Waals surface area contributed by atoms with Gasteiger partial charge in [0.15, 0.2) is 0 Å². The lowest BCUT2D eigenvalue weighted by Crippen LogP contribution is -2.61. The Kier molecular flexibility index (Phi) is 5.53. The van der Waals surface area contributed by atoms with Gasteiger partial charge in [0.1, 0.15) is 18.2 Å². The summed E-state index contributed by atoms with van der Waals surface area (Å²) in [5.41, 5.74) is 2.68.